The van der Waals surface area contributed by atoms with Crippen LogP contribution >= 0.6 is 0 Å². The Kier molecular flexibility index (Phi) is 3.68. The Morgan fingerprint density at radius 3 is 3.11 bits per heavy atom. The van der Waals surface area contributed by atoms with Crippen molar-refractivity contribution in [1.29, 1.82) is 5.26 Å². The number of nitriles is 1. The summed E-state index contributed by atoms with van der Waals surface area (Å²) in [7, 11) is 0. The molecule has 0 saturated carbocycles. The van der Waals surface area contributed by atoms with Crippen LogP contribution in [0.3, 0.4) is 0 Å². The van der Waals surface area contributed by atoms with Crippen molar-refractivity contribution in [2.45, 2.75) is 32.4 Å². The Balaban J connectivity index is 2.37. The lowest BCUT2D eigenvalue weighted by molar-refractivity contribution is 0.0297. The summed E-state index contributed by atoms with van der Waals surface area (Å²) in [5, 5.41) is 9.02. The third-order valence-corrected chi connectivity index (χ3v) is 3.30. The van der Waals surface area contributed by atoms with Gasteiger partial charge in [0.2, 0.25) is 0 Å². The Hall–Kier alpha value is -1.80. The molecule has 0 spiro atoms. The van der Waals surface area contributed by atoms with Crippen molar-refractivity contribution < 1.29 is 4.74 Å². The molecule has 1 aliphatic heterocycles. The Bertz CT molecular complexity index is 469. The number of nitrogens with zero attached hydrogens (tertiary/aromatic N) is 3. The molecular formula is C13H18N4O. The highest BCUT2D eigenvalue weighted by atomic mass is 16.5. The van der Waals surface area contributed by atoms with Gasteiger partial charge in [0, 0.05) is 12.7 Å². The molecule has 2 atom stereocenters. The molecule has 0 bridgehead atoms. The number of hydrogen-bond acceptors (Lipinski definition) is 5. The van der Waals surface area contributed by atoms with E-state index in [4.69, 9.17) is 15.7 Å². The lowest BCUT2D eigenvalue weighted by Gasteiger charge is -2.39. The second-order valence-electron chi connectivity index (χ2n) is 4.57. The zero-order chi connectivity index (χ0) is 13.1. The minimum Gasteiger partial charge on any atom is -0.395 e. The van der Waals surface area contributed by atoms with Gasteiger partial charge in [-0.1, -0.05) is 6.92 Å². The lowest BCUT2D eigenvalue weighted by atomic mass is 10.1. The van der Waals surface area contributed by atoms with Crippen LogP contribution in [0.15, 0.2) is 12.3 Å². The van der Waals surface area contributed by atoms with E-state index in [2.05, 4.69) is 22.9 Å². The van der Waals surface area contributed by atoms with Crippen LogP contribution in [-0.4, -0.2) is 30.3 Å². The molecule has 1 aromatic rings. The van der Waals surface area contributed by atoms with Gasteiger partial charge in [0.05, 0.1) is 30.0 Å². The molecule has 1 aromatic heterocycles. The molecule has 0 radical (unpaired) electrons. The van der Waals surface area contributed by atoms with Gasteiger partial charge >= 0.3 is 0 Å². The van der Waals surface area contributed by atoms with E-state index >= 15 is 0 Å². The molecule has 2 unspecified atom stereocenters. The number of anilines is 2. The standard InChI is InChI=1S/C13H18N4O/c1-3-11-8-18-9(2)7-17(11)13-12(15)10(6-14)4-5-16-13/h4-5,9,11H,3,7-8,15H2,1-2H3. The molecule has 96 valence electrons. The number of morpholine rings is 1. The van der Waals surface area contributed by atoms with Gasteiger partial charge in [0.15, 0.2) is 5.82 Å². The molecule has 18 heavy (non-hydrogen) atoms. The van der Waals surface area contributed by atoms with E-state index in [9.17, 15) is 0 Å². The van der Waals surface area contributed by atoms with Crippen LogP contribution in [-0.2, 0) is 4.74 Å². The highest BCUT2D eigenvalue weighted by molar-refractivity contribution is 5.70. The van der Waals surface area contributed by atoms with Crippen LogP contribution in [0, 0.1) is 11.3 Å². The Morgan fingerprint density at radius 2 is 2.44 bits per heavy atom. The third-order valence-electron chi connectivity index (χ3n) is 3.30. The van der Waals surface area contributed by atoms with Crippen LogP contribution in [0.1, 0.15) is 25.8 Å². The second-order valence-corrected chi connectivity index (χ2v) is 4.57. The maximum atomic E-state index is 9.02. The highest BCUT2D eigenvalue weighted by Gasteiger charge is 2.28. The van der Waals surface area contributed by atoms with Crippen molar-refractivity contribution in [2.75, 3.05) is 23.8 Å². The molecule has 5 nitrogen and oxygen atoms in total. The van der Waals surface area contributed by atoms with Crippen LogP contribution in [0.5, 0.6) is 0 Å². The van der Waals surface area contributed by atoms with Crippen molar-refractivity contribution >= 4 is 11.5 Å². The zero-order valence-electron chi connectivity index (χ0n) is 10.8. The third kappa shape index (κ3) is 2.24. The smallest absolute Gasteiger partial charge is 0.153 e. The summed E-state index contributed by atoms with van der Waals surface area (Å²) in [5.74, 6) is 0.705. The first-order valence-corrected chi connectivity index (χ1v) is 6.20. The van der Waals surface area contributed by atoms with Crippen LogP contribution < -0.4 is 10.6 Å². The number of hydrogen-bond donors (Lipinski definition) is 1. The molecule has 1 saturated heterocycles. The van der Waals surface area contributed by atoms with Crippen molar-refractivity contribution in [3.63, 3.8) is 0 Å². The van der Waals surface area contributed by atoms with E-state index in [1.54, 1.807) is 12.3 Å². The Morgan fingerprint density at radius 1 is 1.67 bits per heavy atom. The number of aromatic nitrogens is 1. The van der Waals surface area contributed by atoms with E-state index in [0.717, 1.165) is 13.0 Å². The Labute approximate surface area is 107 Å². The first kappa shape index (κ1) is 12.7. The highest BCUT2D eigenvalue weighted by Crippen LogP contribution is 2.28. The molecule has 2 heterocycles. The van der Waals surface area contributed by atoms with Gasteiger partial charge < -0.3 is 15.4 Å². The summed E-state index contributed by atoms with van der Waals surface area (Å²) in [6.45, 7) is 5.57. The van der Waals surface area contributed by atoms with Crippen molar-refractivity contribution in [1.82, 2.24) is 4.98 Å². The summed E-state index contributed by atoms with van der Waals surface area (Å²) in [6, 6.07) is 4.01. The van der Waals surface area contributed by atoms with Gasteiger partial charge in [-0.3, -0.25) is 0 Å². The van der Waals surface area contributed by atoms with Crippen LogP contribution in [0.2, 0.25) is 0 Å². The fourth-order valence-electron chi connectivity index (χ4n) is 2.23. The second kappa shape index (κ2) is 5.23. The molecule has 5 heteroatoms. The van der Waals surface area contributed by atoms with Crippen molar-refractivity contribution in [2.24, 2.45) is 0 Å². The zero-order valence-corrected chi connectivity index (χ0v) is 10.8. The maximum Gasteiger partial charge on any atom is 0.153 e. The molecule has 0 amide bonds. The van der Waals surface area contributed by atoms with E-state index in [0.29, 0.717) is 23.7 Å². The van der Waals surface area contributed by atoms with E-state index in [1.807, 2.05) is 6.92 Å². The maximum absolute atomic E-state index is 9.02. The van der Waals surface area contributed by atoms with Gasteiger partial charge in [-0.25, -0.2) is 4.98 Å². The summed E-state index contributed by atoms with van der Waals surface area (Å²) in [4.78, 5) is 6.49. The summed E-state index contributed by atoms with van der Waals surface area (Å²) in [6.07, 6.45) is 2.75. The minimum atomic E-state index is 0.153. The monoisotopic (exact) mass is 246 g/mol. The SMILES string of the molecule is CCC1COC(C)CN1c1nccc(C#N)c1N. The predicted molar refractivity (Wildman–Crippen MR) is 70.2 cm³/mol. The minimum absolute atomic E-state index is 0.153. The topological polar surface area (TPSA) is 75.2 Å². The molecule has 2 N–H and O–H groups in total. The van der Waals surface area contributed by atoms with Gasteiger partial charge in [-0.05, 0) is 19.4 Å². The molecule has 2 rings (SSSR count). The van der Waals surface area contributed by atoms with Gasteiger partial charge in [-0.15, -0.1) is 0 Å². The first-order chi connectivity index (χ1) is 8.67. The fourth-order valence-corrected chi connectivity index (χ4v) is 2.23. The van der Waals surface area contributed by atoms with Gasteiger partial charge in [0.1, 0.15) is 6.07 Å². The number of nitrogens with two attached hydrogens (primary N) is 1. The normalized spacial score (nSPS) is 23.7. The fraction of sp³-hybridized carbons (Fsp3) is 0.538. The quantitative estimate of drug-likeness (QED) is 0.856. The summed E-state index contributed by atoms with van der Waals surface area (Å²) < 4.78 is 5.65. The molecule has 1 aliphatic rings. The summed E-state index contributed by atoms with van der Waals surface area (Å²) in [5.41, 5.74) is 6.97. The van der Waals surface area contributed by atoms with Crippen molar-refractivity contribution in [3.05, 3.63) is 17.8 Å². The number of pyridine rings is 1. The summed E-state index contributed by atoms with van der Waals surface area (Å²) >= 11 is 0. The van der Waals surface area contributed by atoms with E-state index < -0.39 is 0 Å². The number of rotatable bonds is 2. The van der Waals surface area contributed by atoms with Crippen LogP contribution in [0.25, 0.3) is 0 Å². The first-order valence-electron chi connectivity index (χ1n) is 6.20. The molecule has 1 fully saturated rings. The van der Waals surface area contributed by atoms with E-state index in [1.165, 1.54) is 0 Å². The molecule has 0 aromatic carbocycles. The largest absolute Gasteiger partial charge is 0.395 e. The van der Waals surface area contributed by atoms with Gasteiger partial charge in [-0.2, -0.15) is 5.26 Å². The lowest BCUT2D eigenvalue weighted by Crippen LogP contribution is -2.49. The van der Waals surface area contributed by atoms with Crippen LogP contribution in [0.4, 0.5) is 11.5 Å². The average molecular weight is 246 g/mol. The van der Waals surface area contributed by atoms with Gasteiger partial charge in [0.25, 0.3) is 0 Å². The van der Waals surface area contributed by atoms with Crippen molar-refractivity contribution in [3.8, 4) is 6.07 Å². The number of nitrogen functional groups attached to an aromatic ring is 1. The molecule has 0 aliphatic carbocycles. The van der Waals surface area contributed by atoms with E-state index in [-0.39, 0.29) is 12.1 Å². The number of ether oxygens (including phenoxy) is 1. The predicted octanol–water partition coefficient (Wildman–Crippen LogP) is 1.54. The molecular weight excluding hydrogens is 228 g/mol. The average Bonchev–Trinajstić information content (AvgIpc) is 2.39.